The summed E-state index contributed by atoms with van der Waals surface area (Å²) < 4.78 is 0. The molecule has 0 aliphatic carbocycles. The molecular weight excluding hydrogens is 220 g/mol. The molecule has 0 bridgehead atoms. The molecule has 1 fully saturated rings. The largest absolute Gasteiger partial charge is 0.481 e. The van der Waals surface area contributed by atoms with Crippen LogP contribution in [0.4, 0.5) is 0 Å². The van der Waals surface area contributed by atoms with Crippen molar-refractivity contribution in [1.82, 2.24) is 9.88 Å². The molecule has 1 N–H and O–H groups in total. The van der Waals surface area contributed by atoms with Gasteiger partial charge in [-0.2, -0.15) is 0 Å². The van der Waals surface area contributed by atoms with E-state index in [1.807, 2.05) is 13.0 Å². The minimum absolute atomic E-state index is 0.0722. The minimum Gasteiger partial charge on any atom is -0.481 e. The third-order valence-corrected chi connectivity index (χ3v) is 3.12. The van der Waals surface area contributed by atoms with E-state index in [1.165, 1.54) is 0 Å². The Morgan fingerprint density at radius 2 is 2.41 bits per heavy atom. The molecule has 2 atom stereocenters. The Kier molecular flexibility index (Phi) is 3.08. The Morgan fingerprint density at radius 1 is 1.65 bits per heavy atom. The van der Waals surface area contributed by atoms with E-state index in [2.05, 4.69) is 4.98 Å². The van der Waals surface area contributed by atoms with E-state index in [0.29, 0.717) is 6.54 Å². The molecule has 1 aliphatic rings. The number of hydrogen-bond acceptors (Lipinski definition) is 3. The van der Waals surface area contributed by atoms with E-state index >= 15 is 0 Å². The van der Waals surface area contributed by atoms with Crippen molar-refractivity contribution in [2.75, 3.05) is 6.54 Å². The Bertz CT molecular complexity index is 433. The zero-order valence-corrected chi connectivity index (χ0v) is 9.54. The number of carbonyl (C=O) groups excluding carboxylic acids is 1. The highest BCUT2D eigenvalue weighted by molar-refractivity contribution is 5.87. The van der Waals surface area contributed by atoms with Crippen molar-refractivity contribution in [3.63, 3.8) is 0 Å². The molecule has 17 heavy (non-hydrogen) atoms. The van der Waals surface area contributed by atoms with Gasteiger partial charge < -0.3 is 10.0 Å². The van der Waals surface area contributed by atoms with Crippen LogP contribution in [0.3, 0.4) is 0 Å². The maximum absolute atomic E-state index is 11.7. The van der Waals surface area contributed by atoms with Gasteiger partial charge in [-0.1, -0.05) is 6.07 Å². The number of nitrogens with zero attached hydrogens (tertiary/aromatic N) is 2. The molecule has 1 aromatic heterocycles. The second kappa shape index (κ2) is 4.53. The molecular formula is C12H14N2O3. The Balaban J connectivity index is 2.39. The van der Waals surface area contributed by atoms with Gasteiger partial charge in [-0.15, -0.1) is 0 Å². The van der Waals surface area contributed by atoms with Crippen molar-refractivity contribution in [3.05, 3.63) is 30.1 Å². The normalized spacial score (nSPS) is 24.1. The van der Waals surface area contributed by atoms with Gasteiger partial charge in [0.2, 0.25) is 5.91 Å². The van der Waals surface area contributed by atoms with E-state index in [9.17, 15) is 14.7 Å². The lowest BCUT2D eigenvalue weighted by atomic mass is 9.95. The summed E-state index contributed by atoms with van der Waals surface area (Å²) in [6.07, 6.45) is 3.33. The monoisotopic (exact) mass is 234 g/mol. The average Bonchev–Trinajstić information content (AvgIpc) is 2.67. The smallest absolute Gasteiger partial charge is 0.309 e. The fraction of sp³-hybridized carbons (Fsp3) is 0.417. The summed E-state index contributed by atoms with van der Waals surface area (Å²) in [5, 5.41) is 9.18. The third-order valence-electron chi connectivity index (χ3n) is 3.12. The first-order valence-electron chi connectivity index (χ1n) is 5.57. The van der Waals surface area contributed by atoms with Crippen LogP contribution in [0, 0.1) is 5.92 Å². The number of rotatable bonds is 3. The van der Waals surface area contributed by atoms with Crippen LogP contribution in [-0.2, 0) is 9.59 Å². The predicted octanol–water partition coefficient (Wildman–Crippen LogP) is 1.08. The number of pyridine rings is 1. The third kappa shape index (κ3) is 2.00. The van der Waals surface area contributed by atoms with E-state index in [1.54, 1.807) is 23.4 Å². The molecule has 2 rings (SSSR count). The number of likely N-dealkylation sites (tertiary alicyclic amines) is 1. The summed E-state index contributed by atoms with van der Waals surface area (Å²) in [5.74, 6) is -1.71. The van der Waals surface area contributed by atoms with Gasteiger partial charge in [-0.3, -0.25) is 14.6 Å². The van der Waals surface area contributed by atoms with Gasteiger partial charge in [-0.05, 0) is 18.6 Å². The van der Waals surface area contributed by atoms with Gasteiger partial charge in [0.25, 0.3) is 0 Å². The van der Waals surface area contributed by atoms with Gasteiger partial charge in [0.05, 0.1) is 12.0 Å². The number of carboxylic acids is 1. The Morgan fingerprint density at radius 3 is 2.94 bits per heavy atom. The second-order valence-electron chi connectivity index (χ2n) is 4.06. The highest BCUT2D eigenvalue weighted by Crippen LogP contribution is 2.37. The van der Waals surface area contributed by atoms with E-state index in [0.717, 1.165) is 5.56 Å². The molecule has 0 saturated carbocycles. The predicted molar refractivity (Wildman–Crippen MR) is 60.1 cm³/mol. The molecule has 0 unspecified atom stereocenters. The maximum atomic E-state index is 11.7. The van der Waals surface area contributed by atoms with Gasteiger partial charge >= 0.3 is 5.97 Å². The fourth-order valence-electron chi connectivity index (χ4n) is 2.35. The minimum atomic E-state index is -0.928. The van der Waals surface area contributed by atoms with Crippen molar-refractivity contribution in [1.29, 1.82) is 0 Å². The maximum Gasteiger partial charge on any atom is 0.309 e. The lowest BCUT2D eigenvalue weighted by molar-refractivity contribution is -0.142. The van der Waals surface area contributed by atoms with Crippen molar-refractivity contribution < 1.29 is 14.7 Å². The topological polar surface area (TPSA) is 70.5 Å². The zero-order valence-electron chi connectivity index (χ0n) is 9.54. The molecule has 5 nitrogen and oxygen atoms in total. The first kappa shape index (κ1) is 11.6. The van der Waals surface area contributed by atoms with E-state index in [4.69, 9.17) is 0 Å². The quantitative estimate of drug-likeness (QED) is 0.849. The molecule has 0 aromatic carbocycles. The van der Waals surface area contributed by atoms with Crippen LogP contribution in [0.25, 0.3) is 0 Å². The molecule has 1 saturated heterocycles. The summed E-state index contributed by atoms with van der Waals surface area (Å²) in [6.45, 7) is 2.37. The lowest BCUT2D eigenvalue weighted by Gasteiger charge is -2.25. The fourth-order valence-corrected chi connectivity index (χ4v) is 2.35. The molecule has 1 aromatic rings. The molecule has 2 heterocycles. The van der Waals surface area contributed by atoms with E-state index < -0.39 is 17.9 Å². The van der Waals surface area contributed by atoms with Crippen molar-refractivity contribution in [3.8, 4) is 0 Å². The summed E-state index contributed by atoms with van der Waals surface area (Å²) >= 11 is 0. The molecule has 1 aliphatic heterocycles. The van der Waals surface area contributed by atoms with Gasteiger partial charge in [0.1, 0.15) is 0 Å². The van der Waals surface area contributed by atoms with Gasteiger partial charge in [-0.25, -0.2) is 0 Å². The number of amides is 1. The number of carbonyl (C=O) groups is 2. The molecule has 0 spiro atoms. The van der Waals surface area contributed by atoms with Crippen molar-refractivity contribution in [2.45, 2.75) is 19.4 Å². The van der Waals surface area contributed by atoms with Crippen molar-refractivity contribution >= 4 is 11.9 Å². The van der Waals surface area contributed by atoms with Crippen LogP contribution in [-0.4, -0.2) is 33.4 Å². The van der Waals surface area contributed by atoms with Crippen LogP contribution in [0.15, 0.2) is 24.5 Å². The Labute approximate surface area is 99.1 Å². The number of aliphatic carboxylic acids is 1. The van der Waals surface area contributed by atoms with Crippen LogP contribution < -0.4 is 0 Å². The van der Waals surface area contributed by atoms with Crippen LogP contribution in [0.5, 0.6) is 0 Å². The number of hydrogen-bond donors (Lipinski definition) is 1. The standard InChI is InChI=1S/C12H14N2O3/c1-2-14-10(15)6-9(12(16)17)11(14)8-4-3-5-13-7-8/h3-5,7,9,11H,2,6H2,1H3,(H,16,17)/t9-,11-/m1/s1. The first-order valence-corrected chi connectivity index (χ1v) is 5.57. The molecule has 90 valence electrons. The highest BCUT2D eigenvalue weighted by atomic mass is 16.4. The molecule has 5 heteroatoms. The van der Waals surface area contributed by atoms with Crippen molar-refractivity contribution in [2.24, 2.45) is 5.92 Å². The first-order chi connectivity index (χ1) is 8.15. The van der Waals surface area contributed by atoms with Gasteiger partial charge in [0.15, 0.2) is 0 Å². The summed E-state index contributed by atoms with van der Waals surface area (Å²) in [6, 6.07) is 3.18. The summed E-state index contributed by atoms with van der Waals surface area (Å²) in [7, 11) is 0. The van der Waals surface area contributed by atoms with Crippen LogP contribution in [0.1, 0.15) is 24.9 Å². The SMILES string of the molecule is CCN1C(=O)C[C@@H](C(=O)O)[C@H]1c1cccnc1. The van der Waals surface area contributed by atoms with Crippen LogP contribution in [0.2, 0.25) is 0 Å². The molecule has 0 radical (unpaired) electrons. The number of aromatic nitrogens is 1. The van der Waals surface area contributed by atoms with Crippen LogP contribution >= 0.6 is 0 Å². The van der Waals surface area contributed by atoms with Gasteiger partial charge in [0, 0.05) is 25.4 Å². The lowest BCUT2D eigenvalue weighted by Crippen LogP contribution is -2.30. The number of carboxylic acid groups (broad SMARTS) is 1. The Hall–Kier alpha value is -1.91. The summed E-state index contributed by atoms with van der Waals surface area (Å²) in [5.41, 5.74) is 0.785. The summed E-state index contributed by atoms with van der Waals surface area (Å²) in [4.78, 5) is 28.5. The van der Waals surface area contributed by atoms with E-state index in [-0.39, 0.29) is 12.3 Å². The average molecular weight is 234 g/mol. The zero-order chi connectivity index (χ0) is 12.4. The highest BCUT2D eigenvalue weighted by Gasteiger charge is 2.43. The molecule has 1 amide bonds. The second-order valence-corrected chi connectivity index (χ2v) is 4.06.